The van der Waals surface area contributed by atoms with Crippen LogP contribution in [0.1, 0.15) is 36.4 Å². The Balaban J connectivity index is 2.18. The molecule has 0 spiro atoms. The van der Waals surface area contributed by atoms with Crippen molar-refractivity contribution < 1.29 is 9.18 Å². The zero-order chi connectivity index (χ0) is 17.5. The monoisotopic (exact) mass is 326 g/mol. The summed E-state index contributed by atoms with van der Waals surface area (Å²) in [5.41, 5.74) is 8.67. The average Bonchev–Trinajstić information content (AvgIpc) is 3.02. The molecule has 6 heteroatoms. The van der Waals surface area contributed by atoms with Gasteiger partial charge in [-0.1, -0.05) is 12.2 Å². The van der Waals surface area contributed by atoms with Gasteiger partial charge in [0.25, 0.3) is 5.91 Å². The van der Waals surface area contributed by atoms with Gasteiger partial charge in [-0.3, -0.25) is 4.79 Å². The van der Waals surface area contributed by atoms with Crippen LogP contribution in [-0.2, 0) is 4.79 Å². The molecule has 1 amide bonds. The molecule has 24 heavy (non-hydrogen) atoms. The number of H-pyrrole nitrogens is 1. The van der Waals surface area contributed by atoms with Gasteiger partial charge in [0.1, 0.15) is 5.82 Å². The average molecular weight is 326 g/mol. The Morgan fingerprint density at radius 1 is 1.33 bits per heavy atom. The molecule has 1 aromatic carbocycles. The molecule has 0 saturated heterocycles. The number of carbonyl (C=O) groups excluding carboxylic acids is 1. The van der Waals surface area contributed by atoms with Crippen LogP contribution in [0.5, 0.6) is 0 Å². The van der Waals surface area contributed by atoms with Crippen LogP contribution in [0.4, 0.5) is 10.1 Å². The Labute approximate surface area is 139 Å². The molecule has 1 aliphatic heterocycles. The van der Waals surface area contributed by atoms with Gasteiger partial charge in [-0.15, -0.1) is 0 Å². The van der Waals surface area contributed by atoms with Crippen LogP contribution in [0.25, 0.3) is 17.7 Å². The summed E-state index contributed by atoms with van der Waals surface area (Å²) in [5, 5.41) is 2.77. The SMILES string of the molecule is Cc1[nH]cnc1C=C1C(=O)Nc2ccc(F)c(C=CC(C)(C)N)c21. The number of amides is 1. The number of halogens is 1. The Bertz CT molecular complexity index is 872. The van der Waals surface area contributed by atoms with Crippen LogP contribution in [0.3, 0.4) is 0 Å². The summed E-state index contributed by atoms with van der Waals surface area (Å²) in [6, 6.07) is 2.90. The van der Waals surface area contributed by atoms with Crippen molar-refractivity contribution in [2.45, 2.75) is 26.3 Å². The van der Waals surface area contributed by atoms with E-state index in [0.29, 0.717) is 28.1 Å². The molecule has 0 unspecified atom stereocenters. The van der Waals surface area contributed by atoms with Gasteiger partial charge in [-0.25, -0.2) is 9.37 Å². The normalized spacial score (nSPS) is 16.0. The van der Waals surface area contributed by atoms with Crippen LogP contribution in [0.15, 0.2) is 24.5 Å². The third-order valence-electron chi connectivity index (χ3n) is 3.78. The van der Waals surface area contributed by atoms with Crippen LogP contribution in [-0.4, -0.2) is 21.4 Å². The van der Waals surface area contributed by atoms with Crippen LogP contribution >= 0.6 is 0 Å². The van der Waals surface area contributed by atoms with Crippen molar-refractivity contribution >= 4 is 29.3 Å². The molecule has 2 aromatic rings. The number of nitrogens with zero attached hydrogens (tertiary/aromatic N) is 1. The summed E-state index contributed by atoms with van der Waals surface area (Å²) in [6.45, 7) is 5.49. The number of aromatic amines is 1. The number of hydrogen-bond donors (Lipinski definition) is 3. The van der Waals surface area contributed by atoms with Crippen molar-refractivity contribution in [3.8, 4) is 0 Å². The van der Waals surface area contributed by atoms with Gasteiger partial charge in [0.05, 0.1) is 17.6 Å². The molecule has 0 atom stereocenters. The standard InChI is InChI=1S/C18H19FN4O/c1-10-15(22-9-21-10)8-12-16-11(6-7-18(2,3)20)13(19)4-5-14(16)23-17(12)24/h4-9H,20H2,1-3H3,(H,21,22)(H,23,24). The predicted octanol–water partition coefficient (Wildman–Crippen LogP) is 3.10. The van der Waals surface area contributed by atoms with E-state index in [-0.39, 0.29) is 5.91 Å². The molecule has 0 aliphatic carbocycles. The molecule has 124 valence electrons. The van der Waals surface area contributed by atoms with Crippen molar-refractivity contribution in [1.82, 2.24) is 9.97 Å². The van der Waals surface area contributed by atoms with Crippen molar-refractivity contribution in [3.05, 3.63) is 52.9 Å². The molecule has 0 fully saturated rings. The summed E-state index contributed by atoms with van der Waals surface area (Å²) in [5.74, 6) is -0.685. The first kappa shape index (κ1) is 16.1. The molecular formula is C18H19FN4O. The Kier molecular flexibility index (Phi) is 3.85. The topological polar surface area (TPSA) is 83.8 Å². The van der Waals surface area contributed by atoms with Crippen molar-refractivity contribution in [1.29, 1.82) is 0 Å². The Morgan fingerprint density at radius 3 is 2.71 bits per heavy atom. The van der Waals surface area contributed by atoms with E-state index in [1.807, 2.05) is 20.8 Å². The number of imidazole rings is 1. The lowest BCUT2D eigenvalue weighted by molar-refractivity contribution is -0.110. The van der Waals surface area contributed by atoms with E-state index in [4.69, 9.17) is 5.73 Å². The fraction of sp³-hybridized carbons (Fsp3) is 0.222. The second-order valence-corrected chi connectivity index (χ2v) is 6.46. The molecule has 5 nitrogen and oxygen atoms in total. The number of carbonyl (C=O) groups is 1. The van der Waals surface area contributed by atoms with Crippen LogP contribution in [0, 0.1) is 12.7 Å². The minimum Gasteiger partial charge on any atom is -0.348 e. The quantitative estimate of drug-likeness (QED) is 0.758. The number of nitrogens with one attached hydrogen (secondary N) is 2. The maximum absolute atomic E-state index is 14.4. The lowest BCUT2D eigenvalue weighted by atomic mass is 9.96. The van der Waals surface area contributed by atoms with Crippen LogP contribution < -0.4 is 11.1 Å². The Hall–Kier alpha value is -2.73. The second-order valence-electron chi connectivity index (χ2n) is 6.46. The molecule has 0 saturated carbocycles. The minimum absolute atomic E-state index is 0.278. The summed E-state index contributed by atoms with van der Waals surface area (Å²) in [4.78, 5) is 19.5. The minimum atomic E-state index is -0.589. The molecule has 3 rings (SSSR count). The lowest BCUT2D eigenvalue weighted by Crippen LogP contribution is -2.28. The largest absolute Gasteiger partial charge is 0.348 e. The van der Waals surface area contributed by atoms with Gasteiger partial charge in [0.15, 0.2) is 0 Å². The van der Waals surface area contributed by atoms with E-state index < -0.39 is 11.4 Å². The van der Waals surface area contributed by atoms with Crippen LogP contribution in [0.2, 0.25) is 0 Å². The molecule has 0 bridgehead atoms. The third kappa shape index (κ3) is 3.00. The molecule has 4 N–H and O–H groups in total. The first-order valence-corrected chi connectivity index (χ1v) is 7.60. The van der Waals surface area contributed by atoms with Gasteiger partial charge in [-0.2, -0.15) is 0 Å². The van der Waals surface area contributed by atoms with Crippen molar-refractivity contribution in [3.63, 3.8) is 0 Å². The number of hydrogen-bond acceptors (Lipinski definition) is 3. The number of aryl methyl sites for hydroxylation is 1. The number of aromatic nitrogens is 2. The van der Waals surface area contributed by atoms with E-state index >= 15 is 0 Å². The first-order valence-electron chi connectivity index (χ1n) is 7.60. The zero-order valence-electron chi connectivity index (χ0n) is 13.8. The molecule has 2 heterocycles. The molecule has 1 aromatic heterocycles. The summed E-state index contributed by atoms with van der Waals surface area (Å²) in [7, 11) is 0. The predicted molar refractivity (Wildman–Crippen MR) is 93.5 cm³/mol. The maximum atomic E-state index is 14.4. The number of nitrogens with two attached hydrogens (primary N) is 1. The van der Waals surface area contributed by atoms with Gasteiger partial charge < -0.3 is 16.0 Å². The summed E-state index contributed by atoms with van der Waals surface area (Å²) in [6.07, 6.45) is 6.56. The summed E-state index contributed by atoms with van der Waals surface area (Å²) < 4.78 is 14.4. The van der Waals surface area contributed by atoms with E-state index in [0.717, 1.165) is 5.69 Å². The van der Waals surface area contributed by atoms with E-state index in [1.54, 1.807) is 30.6 Å². The van der Waals surface area contributed by atoms with Gasteiger partial charge in [0, 0.05) is 28.0 Å². The second kappa shape index (κ2) is 5.72. The van der Waals surface area contributed by atoms with E-state index in [9.17, 15) is 9.18 Å². The van der Waals surface area contributed by atoms with Gasteiger partial charge in [0.2, 0.25) is 0 Å². The number of fused-ring (bicyclic) bond motifs is 1. The maximum Gasteiger partial charge on any atom is 0.256 e. The van der Waals surface area contributed by atoms with Gasteiger partial charge >= 0.3 is 0 Å². The molecule has 1 aliphatic rings. The van der Waals surface area contributed by atoms with Crippen molar-refractivity contribution in [2.75, 3.05) is 5.32 Å². The first-order chi connectivity index (χ1) is 11.3. The van der Waals surface area contributed by atoms with E-state index in [2.05, 4.69) is 15.3 Å². The third-order valence-corrected chi connectivity index (χ3v) is 3.78. The molecular weight excluding hydrogens is 307 g/mol. The summed E-state index contributed by atoms with van der Waals surface area (Å²) >= 11 is 0. The fourth-order valence-corrected chi connectivity index (χ4v) is 2.54. The Morgan fingerprint density at radius 2 is 2.08 bits per heavy atom. The molecule has 0 radical (unpaired) electrons. The lowest BCUT2D eigenvalue weighted by Gasteiger charge is -2.13. The number of rotatable bonds is 3. The smallest absolute Gasteiger partial charge is 0.256 e. The van der Waals surface area contributed by atoms with Crippen molar-refractivity contribution in [2.24, 2.45) is 5.73 Å². The fourth-order valence-electron chi connectivity index (χ4n) is 2.54. The highest BCUT2D eigenvalue weighted by atomic mass is 19.1. The zero-order valence-corrected chi connectivity index (χ0v) is 13.8. The highest BCUT2D eigenvalue weighted by Gasteiger charge is 2.28. The van der Waals surface area contributed by atoms with Gasteiger partial charge in [-0.05, 0) is 39.0 Å². The number of benzene rings is 1. The number of anilines is 1. The highest BCUT2D eigenvalue weighted by Crippen LogP contribution is 2.37. The highest BCUT2D eigenvalue weighted by molar-refractivity contribution is 6.35. The van der Waals surface area contributed by atoms with E-state index in [1.165, 1.54) is 6.07 Å².